The van der Waals surface area contributed by atoms with Gasteiger partial charge in [0.05, 0.1) is 23.0 Å². The zero-order valence-electron chi connectivity index (χ0n) is 12.3. The van der Waals surface area contributed by atoms with Gasteiger partial charge in [-0.25, -0.2) is 0 Å². The van der Waals surface area contributed by atoms with Crippen LogP contribution in [0, 0.1) is 27.7 Å². The van der Waals surface area contributed by atoms with Gasteiger partial charge in [-0.2, -0.15) is 5.10 Å². The van der Waals surface area contributed by atoms with Crippen molar-refractivity contribution >= 4 is 15.9 Å². The molecule has 0 aliphatic carbocycles. The number of aryl methyl sites for hydroxylation is 3. The first kappa shape index (κ1) is 14.1. The second kappa shape index (κ2) is 5.00. The van der Waals surface area contributed by atoms with Gasteiger partial charge in [0.15, 0.2) is 0 Å². The molecule has 0 saturated heterocycles. The van der Waals surface area contributed by atoms with Crippen molar-refractivity contribution in [2.24, 2.45) is 7.05 Å². The molecule has 19 heavy (non-hydrogen) atoms. The Morgan fingerprint density at radius 2 is 1.79 bits per heavy atom. The molecule has 0 amide bonds. The fourth-order valence-corrected chi connectivity index (χ4v) is 3.09. The molecule has 2 aromatic rings. The summed E-state index contributed by atoms with van der Waals surface area (Å²) in [5.41, 5.74) is 6.87. The number of ether oxygens (including phenoxy) is 1. The summed E-state index contributed by atoms with van der Waals surface area (Å²) in [5.74, 6) is 0.969. The monoisotopic (exact) mass is 322 g/mol. The maximum atomic E-state index is 5.48. The number of hydrogen-bond acceptors (Lipinski definition) is 2. The Balaban J connectivity index is 2.77. The molecular weight excluding hydrogens is 304 g/mol. The van der Waals surface area contributed by atoms with E-state index in [1.807, 2.05) is 18.7 Å². The van der Waals surface area contributed by atoms with Crippen molar-refractivity contribution in [3.63, 3.8) is 0 Å². The molecule has 0 N–H and O–H groups in total. The largest absolute Gasteiger partial charge is 0.496 e. The molecule has 0 radical (unpaired) electrons. The van der Waals surface area contributed by atoms with E-state index in [9.17, 15) is 0 Å². The van der Waals surface area contributed by atoms with Crippen LogP contribution in [0.5, 0.6) is 5.75 Å². The second-order valence-corrected chi connectivity index (χ2v) is 5.69. The normalized spacial score (nSPS) is 10.9. The van der Waals surface area contributed by atoms with Gasteiger partial charge in [0.1, 0.15) is 5.75 Å². The van der Waals surface area contributed by atoms with Crippen LogP contribution in [-0.2, 0) is 7.05 Å². The van der Waals surface area contributed by atoms with Crippen molar-refractivity contribution in [1.29, 1.82) is 0 Å². The van der Waals surface area contributed by atoms with Crippen LogP contribution in [-0.4, -0.2) is 16.9 Å². The Bertz CT molecular complexity index is 644. The average molecular weight is 323 g/mol. The molecule has 1 heterocycles. The SMILES string of the molecule is COc1c(C)cc(-c2c(Br)c(C)nn2C)c(C)c1C. The van der Waals surface area contributed by atoms with Crippen LogP contribution in [0.3, 0.4) is 0 Å². The Hall–Kier alpha value is -1.29. The molecule has 0 aliphatic rings. The lowest BCUT2D eigenvalue weighted by molar-refractivity contribution is 0.408. The number of nitrogens with zero attached hydrogens (tertiary/aromatic N) is 2. The molecule has 3 nitrogen and oxygen atoms in total. The van der Waals surface area contributed by atoms with E-state index in [1.165, 1.54) is 16.7 Å². The van der Waals surface area contributed by atoms with Gasteiger partial charge in [-0.1, -0.05) is 0 Å². The predicted molar refractivity (Wildman–Crippen MR) is 81.8 cm³/mol. The lowest BCUT2D eigenvalue weighted by Gasteiger charge is -2.16. The minimum atomic E-state index is 0.969. The van der Waals surface area contributed by atoms with E-state index in [-0.39, 0.29) is 0 Å². The van der Waals surface area contributed by atoms with Crippen LogP contribution in [0.1, 0.15) is 22.4 Å². The average Bonchev–Trinajstić information content (AvgIpc) is 2.59. The first-order valence-electron chi connectivity index (χ1n) is 6.22. The first-order valence-corrected chi connectivity index (χ1v) is 7.02. The molecule has 0 unspecified atom stereocenters. The molecule has 1 aromatic heterocycles. The van der Waals surface area contributed by atoms with E-state index in [2.05, 4.69) is 47.9 Å². The summed E-state index contributed by atoms with van der Waals surface area (Å²) in [7, 11) is 3.69. The van der Waals surface area contributed by atoms with Crippen LogP contribution < -0.4 is 4.74 Å². The number of rotatable bonds is 2. The highest BCUT2D eigenvalue weighted by atomic mass is 79.9. The van der Waals surface area contributed by atoms with Gasteiger partial charge in [0, 0.05) is 12.6 Å². The highest BCUT2D eigenvalue weighted by Gasteiger charge is 2.18. The smallest absolute Gasteiger partial charge is 0.124 e. The molecule has 0 bridgehead atoms. The second-order valence-electron chi connectivity index (χ2n) is 4.90. The van der Waals surface area contributed by atoms with Crippen LogP contribution >= 0.6 is 15.9 Å². The van der Waals surface area contributed by atoms with Crippen LogP contribution in [0.4, 0.5) is 0 Å². The van der Waals surface area contributed by atoms with Crippen molar-refractivity contribution < 1.29 is 4.74 Å². The molecule has 0 aliphatic heterocycles. The minimum absolute atomic E-state index is 0.969. The van der Waals surface area contributed by atoms with Gasteiger partial charge in [-0.15, -0.1) is 0 Å². The lowest BCUT2D eigenvalue weighted by atomic mass is 9.96. The lowest BCUT2D eigenvalue weighted by Crippen LogP contribution is -2.00. The molecule has 4 heteroatoms. The van der Waals surface area contributed by atoms with Crippen molar-refractivity contribution in [3.05, 3.63) is 32.9 Å². The predicted octanol–water partition coefficient (Wildman–Crippen LogP) is 4.09. The Kier molecular flexibility index (Phi) is 3.72. The summed E-state index contributed by atoms with van der Waals surface area (Å²) in [4.78, 5) is 0. The maximum Gasteiger partial charge on any atom is 0.124 e. The molecule has 0 atom stereocenters. The van der Waals surface area contributed by atoms with E-state index >= 15 is 0 Å². The van der Waals surface area contributed by atoms with Gasteiger partial charge in [-0.05, 0) is 66.4 Å². The van der Waals surface area contributed by atoms with E-state index in [4.69, 9.17) is 4.74 Å². The molecule has 102 valence electrons. The fraction of sp³-hybridized carbons (Fsp3) is 0.400. The summed E-state index contributed by atoms with van der Waals surface area (Å²) in [6.07, 6.45) is 0. The molecule has 1 aromatic carbocycles. The number of benzene rings is 1. The number of hydrogen-bond donors (Lipinski definition) is 0. The number of methoxy groups -OCH3 is 1. The van der Waals surface area contributed by atoms with Crippen molar-refractivity contribution in [1.82, 2.24) is 9.78 Å². The van der Waals surface area contributed by atoms with E-state index in [0.717, 1.165) is 27.2 Å². The summed E-state index contributed by atoms with van der Waals surface area (Å²) < 4.78 is 8.46. The van der Waals surface area contributed by atoms with Gasteiger partial charge in [-0.3, -0.25) is 4.68 Å². The molecule has 2 rings (SSSR count). The zero-order chi connectivity index (χ0) is 14.3. The van der Waals surface area contributed by atoms with Gasteiger partial charge < -0.3 is 4.74 Å². The summed E-state index contributed by atoms with van der Waals surface area (Å²) in [6, 6.07) is 2.17. The molecular formula is C15H19BrN2O. The molecule has 0 fully saturated rings. The zero-order valence-corrected chi connectivity index (χ0v) is 13.8. The summed E-state index contributed by atoms with van der Waals surface area (Å²) >= 11 is 3.64. The maximum absolute atomic E-state index is 5.48. The number of halogens is 1. The Morgan fingerprint density at radius 1 is 1.16 bits per heavy atom. The van der Waals surface area contributed by atoms with E-state index in [0.29, 0.717) is 0 Å². The van der Waals surface area contributed by atoms with Crippen LogP contribution in [0.15, 0.2) is 10.5 Å². The van der Waals surface area contributed by atoms with Gasteiger partial charge in [0.2, 0.25) is 0 Å². The van der Waals surface area contributed by atoms with Crippen molar-refractivity contribution in [3.8, 4) is 17.0 Å². The van der Waals surface area contributed by atoms with E-state index < -0.39 is 0 Å². The third-order valence-corrected chi connectivity index (χ3v) is 4.58. The van der Waals surface area contributed by atoms with E-state index in [1.54, 1.807) is 7.11 Å². The van der Waals surface area contributed by atoms with Crippen LogP contribution in [0.25, 0.3) is 11.3 Å². The highest BCUT2D eigenvalue weighted by Crippen LogP contribution is 2.37. The van der Waals surface area contributed by atoms with Crippen molar-refractivity contribution in [2.45, 2.75) is 27.7 Å². The summed E-state index contributed by atoms with van der Waals surface area (Å²) in [6.45, 7) is 8.31. The third-order valence-electron chi connectivity index (χ3n) is 3.63. The molecule has 0 saturated carbocycles. The summed E-state index contributed by atoms with van der Waals surface area (Å²) in [5, 5.41) is 4.47. The third kappa shape index (κ3) is 2.18. The topological polar surface area (TPSA) is 27.1 Å². The molecule has 0 spiro atoms. The number of aromatic nitrogens is 2. The minimum Gasteiger partial charge on any atom is -0.496 e. The fourth-order valence-electron chi connectivity index (χ4n) is 2.54. The van der Waals surface area contributed by atoms with Crippen molar-refractivity contribution in [2.75, 3.05) is 7.11 Å². The van der Waals surface area contributed by atoms with Gasteiger partial charge in [0.25, 0.3) is 0 Å². The Morgan fingerprint density at radius 3 is 2.26 bits per heavy atom. The highest BCUT2D eigenvalue weighted by molar-refractivity contribution is 9.10. The quantitative estimate of drug-likeness (QED) is 0.832. The first-order chi connectivity index (χ1) is 8.88. The van der Waals surface area contributed by atoms with Gasteiger partial charge >= 0.3 is 0 Å². The standard InChI is InChI=1S/C15H19BrN2O/c1-8-7-12(9(2)10(3)15(8)19-6)14-13(16)11(4)17-18(14)5/h7H,1-6H3. The Labute approximate surface area is 122 Å². The van der Waals surface area contributed by atoms with Crippen LogP contribution in [0.2, 0.25) is 0 Å².